The number of carbonyl (C=O) groups excluding carboxylic acids is 1. The Hall–Kier alpha value is -1.63. The molecule has 2 amide bonds. The molecule has 1 aromatic heterocycles. The summed E-state index contributed by atoms with van der Waals surface area (Å²) in [4.78, 5) is 17.7. The Bertz CT molecular complexity index is 561. The molecule has 0 radical (unpaired) electrons. The second kappa shape index (κ2) is 6.21. The molecular weight excluding hydrogens is 278 g/mol. The number of aromatic nitrogens is 1. The van der Waals surface area contributed by atoms with Gasteiger partial charge in [-0.1, -0.05) is 12.8 Å². The molecule has 2 heterocycles. The summed E-state index contributed by atoms with van der Waals surface area (Å²) in [6.07, 6.45) is 6.84. The number of carbonyl (C=O) groups is 1. The van der Waals surface area contributed by atoms with Crippen LogP contribution in [-0.2, 0) is 9.84 Å². The van der Waals surface area contributed by atoms with Crippen molar-refractivity contribution in [2.45, 2.75) is 30.7 Å². The van der Waals surface area contributed by atoms with Gasteiger partial charge in [0.1, 0.15) is 0 Å². The molecule has 0 saturated carbocycles. The lowest BCUT2D eigenvalue weighted by molar-refractivity contribution is 0.214. The summed E-state index contributed by atoms with van der Waals surface area (Å²) >= 11 is 0. The largest absolute Gasteiger partial charge is 0.325 e. The number of nitrogens with zero attached hydrogens (tertiary/aromatic N) is 2. The molecule has 2 rings (SSSR count). The Morgan fingerprint density at radius 1 is 1.20 bits per heavy atom. The predicted octanol–water partition coefficient (Wildman–Crippen LogP) is 1.89. The summed E-state index contributed by atoms with van der Waals surface area (Å²) in [7, 11) is -3.31. The van der Waals surface area contributed by atoms with Crippen LogP contribution in [0.1, 0.15) is 25.7 Å². The molecule has 1 aliphatic rings. The van der Waals surface area contributed by atoms with Crippen molar-refractivity contribution in [3.63, 3.8) is 0 Å². The first-order valence-corrected chi connectivity index (χ1v) is 8.58. The van der Waals surface area contributed by atoms with E-state index < -0.39 is 9.84 Å². The number of rotatable bonds is 2. The lowest BCUT2D eigenvalue weighted by Crippen LogP contribution is -2.35. The van der Waals surface area contributed by atoms with E-state index in [0.29, 0.717) is 5.69 Å². The molecule has 0 bridgehead atoms. The second-order valence-electron chi connectivity index (χ2n) is 4.99. The van der Waals surface area contributed by atoms with Crippen LogP contribution < -0.4 is 5.32 Å². The number of amides is 2. The Morgan fingerprint density at radius 3 is 2.35 bits per heavy atom. The summed E-state index contributed by atoms with van der Waals surface area (Å²) in [6, 6.07) is 2.80. The summed E-state index contributed by atoms with van der Waals surface area (Å²) in [5, 5.41) is 2.75. The van der Waals surface area contributed by atoms with E-state index in [1.165, 1.54) is 12.3 Å². The van der Waals surface area contributed by atoms with Crippen LogP contribution in [0, 0.1) is 0 Å². The molecule has 1 saturated heterocycles. The molecular formula is C13H19N3O3S. The van der Waals surface area contributed by atoms with Gasteiger partial charge in [-0.3, -0.25) is 0 Å². The lowest BCUT2D eigenvalue weighted by atomic mass is 10.2. The number of nitrogens with one attached hydrogen (secondary N) is 1. The third-order valence-corrected chi connectivity index (χ3v) is 4.26. The van der Waals surface area contributed by atoms with E-state index in [9.17, 15) is 13.2 Å². The van der Waals surface area contributed by atoms with Gasteiger partial charge < -0.3 is 10.2 Å². The van der Waals surface area contributed by atoms with Gasteiger partial charge in [0, 0.05) is 19.3 Å². The van der Waals surface area contributed by atoms with Crippen molar-refractivity contribution >= 4 is 21.6 Å². The number of urea groups is 1. The zero-order valence-electron chi connectivity index (χ0n) is 11.5. The van der Waals surface area contributed by atoms with Gasteiger partial charge in [0.25, 0.3) is 0 Å². The van der Waals surface area contributed by atoms with Crippen LogP contribution in [0.15, 0.2) is 23.4 Å². The van der Waals surface area contributed by atoms with Crippen molar-refractivity contribution in [3.05, 3.63) is 18.3 Å². The van der Waals surface area contributed by atoms with Gasteiger partial charge >= 0.3 is 6.03 Å². The molecule has 1 N–H and O–H groups in total. The maximum atomic E-state index is 12.1. The number of hydrogen-bond acceptors (Lipinski definition) is 4. The minimum Gasteiger partial charge on any atom is -0.325 e. The first kappa shape index (κ1) is 14.8. The normalized spacial score (nSPS) is 16.6. The average Bonchev–Trinajstić information content (AvgIpc) is 2.67. The van der Waals surface area contributed by atoms with Gasteiger partial charge in [-0.25, -0.2) is 18.2 Å². The number of likely N-dealkylation sites (tertiary alicyclic amines) is 1. The first-order valence-electron chi connectivity index (χ1n) is 6.69. The van der Waals surface area contributed by atoms with E-state index in [0.717, 1.165) is 45.0 Å². The van der Waals surface area contributed by atoms with Crippen LogP contribution in [0.25, 0.3) is 0 Å². The minimum absolute atomic E-state index is 0.00488. The first-order chi connectivity index (χ1) is 9.47. The lowest BCUT2D eigenvalue weighted by Gasteiger charge is -2.20. The Kier molecular flexibility index (Phi) is 4.59. The Labute approximate surface area is 119 Å². The zero-order chi connectivity index (χ0) is 14.6. The van der Waals surface area contributed by atoms with E-state index in [1.54, 1.807) is 11.0 Å². The summed E-state index contributed by atoms with van der Waals surface area (Å²) in [5.41, 5.74) is 0.506. The van der Waals surface area contributed by atoms with Crippen molar-refractivity contribution in [3.8, 4) is 0 Å². The second-order valence-corrected chi connectivity index (χ2v) is 6.95. The van der Waals surface area contributed by atoms with E-state index in [4.69, 9.17) is 0 Å². The van der Waals surface area contributed by atoms with Gasteiger partial charge in [-0.05, 0) is 25.0 Å². The highest BCUT2D eigenvalue weighted by atomic mass is 32.2. The minimum atomic E-state index is -3.31. The molecule has 0 spiro atoms. The third-order valence-electron chi connectivity index (χ3n) is 3.26. The number of hydrogen-bond donors (Lipinski definition) is 1. The van der Waals surface area contributed by atoms with Gasteiger partial charge in [0.15, 0.2) is 14.9 Å². The van der Waals surface area contributed by atoms with Crippen molar-refractivity contribution < 1.29 is 13.2 Å². The number of sulfone groups is 1. The highest BCUT2D eigenvalue weighted by Gasteiger charge is 2.16. The van der Waals surface area contributed by atoms with Gasteiger partial charge in [0.05, 0.1) is 11.9 Å². The standard InChI is InChI=1S/C13H19N3O3S/c1-20(18,19)12-7-6-11(10-14-12)15-13(17)16-8-4-2-3-5-9-16/h6-7,10H,2-5,8-9H2,1H3,(H,15,17). The quantitative estimate of drug-likeness (QED) is 0.904. The fourth-order valence-electron chi connectivity index (χ4n) is 2.15. The SMILES string of the molecule is CS(=O)(=O)c1ccc(NC(=O)N2CCCCCC2)cn1. The fourth-order valence-corrected chi connectivity index (χ4v) is 2.71. The number of pyridine rings is 1. The van der Waals surface area contributed by atoms with Crippen LogP contribution in [0.4, 0.5) is 10.5 Å². The summed E-state index contributed by atoms with van der Waals surface area (Å²) < 4.78 is 22.6. The highest BCUT2D eigenvalue weighted by Crippen LogP contribution is 2.13. The van der Waals surface area contributed by atoms with Crippen molar-refractivity contribution in [1.29, 1.82) is 0 Å². The van der Waals surface area contributed by atoms with Crippen LogP contribution in [-0.4, -0.2) is 43.7 Å². The van der Waals surface area contributed by atoms with Crippen LogP contribution in [0.3, 0.4) is 0 Å². The smallest absolute Gasteiger partial charge is 0.321 e. The fraction of sp³-hybridized carbons (Fsp3) is 0.538. The monoisotopic (exact) mass is 297 g/mol. The molecule has 6 nitrogen and oxygen atoms in total. The maximum Gasteiger partial charge on any atom is 0.321 e. The van der Waals surface area contributed by atoms with Crippen LogP contribution >= 0.6 is 0 Å². The molecule has 1 fully saturated rings. The molecule has 0 atom stereocenters. The molecule has 0 unspecified atom stereocenters. The van der Waals surface area contributed by atoms with Crippen LogP contribution in [0.5, 0.6) is 0 Å². The molecule has 20 heavy (non-hydrogen) atoms. The molecule has 0 aliphatic carbocycles. The van der Waals surface area contributed by atoms with E-state index in [1.807, 2.05) is 0 Å². The van der Waals surface area contributed by atoms with Crippen LogP contribution in [0.2, 0.25) is 0 Å². The number of anilines is 1. The molecule has 1 aromatic rings. The van der Waals surface area contributed by atoms with Crippen molar-refractivity contribution in [1.82, 2.24) is 9.88 Å². The summed E-state index contributed by atoms with van der Waals surface area (Å²) in [5.74, 6) is 0. The van der Waals surface area contributed by atoms with Crippen molar-refractivity contribution in [2.24, 2.45) is 0 Å². The predicted molar refractivity (Wildman–Crippen MR) is 76.4 cm³/mol. The van der Waals surface area contributed by atoms with E-state index in [2.05, 4.69) is 10.3 Å². The Balaban J connectivity index is 2.00. The topological polar surface area (TPSA) is 79.4 Å². The van der Waals surface area contributed by atoms with Gasteiger partial charge in [0.2, 0.25) is 0 Å². The van der Waals surface area contributed by atoms with Gasteiger partial charge in [-0.2, -0.15) is 0 Å². The molecule has 110 valence electrons. The third kappa shape index (κ3) is 3.93. The van der Waals surface area contributed by atoms with E-state index in [-0.39, 0.29) is 11.1 Å². The molecule has 7 heteroatoms. The average molecular weight is 297 g/mol. The highest BCUT2D eigenvalue weighted by molar-refractivity contribution is 7.90. The molecule has 1 aliphatic heterocycles. The maximum absolute atomic E-state index is 12.1. The van der Waals surface area contributed by atoms with Crippen molar-refractivity contribution in [2.75, 3.05) is 24.7 Å². The zero-order valence-corrected chi connectivity index (χ0v) is 12.3. The Morgan fingerprint density at radius 2 is 1.85 bits per heavy atom. The summed E-state index contributed by atoms with van der Waals surface area (Å²) in [6.45, 7) is 1.53. The van der Waals surface area contributed by atoms with Gasteiger partial charge in [-0.15, -0.1) is 0 Å². The van der Waals surface area contributed by atoms with E-state index >= 15 is 0 Å². The molecule has 0 aromatic carbocycles.